The molecule has 0 aromatic carbocycles. The molecule has 0 radical (unpaired) electrons. The predicted molar refractivity (Wildman–Crippen MR) is 59.9 cm³/mol. The van der Waals surface area contributed by atoms with Gasteiger partial charge in [-0.1, -0.05) is 27.7 Å². The maximum atomic E-state index is 11.1. The van der Waals surface area contributed by atoms with Gasteiger partial charge in [0.1, 0.15) is 0 Å². The Morgan fingerprint density at radius 1 is 1.21 bits per heavy atom. The third-order valence-electron chi connectivity index (χ3n) is 2.75. The summed E-state index contributed by atoms with van der Waals surface area (Å²) in [6.45, 7) is 10.2. The minimum absolute atomic E-state index is 0.0706. The number of nitrogens with zero attached hydrogens (tertiary/aromatic N) is 1. The van der Waals surface area contributed by atoms with Gasteiger partial charge >= 0.3 is 0 Å². The van der Waals surface area contributed by atoms with Crippen molar-refractivity contribution in [3.05, 3.63) is 0 Å². The monoisotopic (exact) mass is 200 g/mol. The molecule has 3 nitrogen and oxygen atoms in total. The van der Waals surface area contributed by atoms with Gasteiger partial charge in [-0.15, -0.1) is 0 Å². The highest BCUT2D eigenvalue weighted by molar-refractivity contribution is 5.77. The predicted octanol–water partition coefficient (Wildman–Crippen LogP) is 1.33. The Morgan fingerprint density at radius 3 is 1.86 bits per heavy atom. The van der Waals surface area contributed by atoms with Gasteiger partial charge in [-0.25, -0.2) is 0 Å². The fraction of sp³-hybridized carbons (Fsp3) is 0.909. The minimum atomic E-state index is -0.136. The lowest BCUT2D eigenvalue weighted by Gasteiger charge is -2.37. The second-order valence-corrected chi connectivity index (χ2v) is 4.10. The number of amides is 1. The Labute approximate surface area is 87.6 Å². The number of likely N-dealkylation sites (tertiary alicyclic amines) is 1. The Morgan fingerprint density at radius 2 is 1.57 bits per heavy atom. The Hall–Kier alpha value is -0.570. The maximum Gasteiger partial charge on any atom is 0.221 e. The van der Waals surface area contributed by atoms with Crippen molar-refractivity contribution < 1.29 is 4.79 Å². The van der Waals surface area contributed by atoms with Crippen LogP contribution in [0, 0.1) is 17.8 Å². The van der Waals surface area contributed by atoms with E-state index in [0.29, 0.717) is 11.8 Å². The lowest BCUT2D eigenvalue weighted by Crippen LogP contribution is -2.47. The molecule has 3 atom stereocenters. The van der Waals surface area contributed by atoms with Gasteiger partial charge < -0.3 is 10.6 Å². The van der Waals surface area contributed by atoms with Gasteiger partial charge in [-0.3, -0.25) is 4.79 Å². The fourth-order valence-corrected chi connectivity index (χ4v) is 2.41. The highest BCUT2D eigenvalue weighted by Crippen LogP contribution is 2.26. The van der Waals surface area contributed by atoms with E-state index in [1.807, 2.05) is 13.8 Å². The number of rotatable bonds is 1. The minimum Gasteiger partial charge on any atom is -0.369 e. The van der Waals surface area contributed by atoms with Crippen molar-refractivity contribution in [3.63, 3.8) is 0 Å². The average Bonchev–Trinajstić information content (AvgIpc) is 2.04. The van der Waals surface area contributed by atoms with Crippen LogP contribution in [0.2, 0.25) is 0 Å². The molecule has 1 aliphatic heterocycles. The largest absolute Gasteiger partial charge is 0.369 e. The van der Waals surface area contributed by atoms with Crippen LogP contribution in [-0.4, -0.2) is 30.9 Å². The van der Waals surface area contributed by atoms with Gasteiger partial charge in [0.2, 0.25) is 5.91 Å². The number of carbonyl (C=O) groups is 1. The first kappa shape index (κ1) is 13.4. The van der Waals surface area contributed by atoms with E-state index in [-0.39, 0.29) is 11.8 Å². The molecular weight excluding hydrogens is 176 g/mol. The smallest absolute Gasteiger partial charge is 0.221 e. The van der Waals surface area contributed by atoms with Gasteiger partial charge in [-0.05, 0) is 18.9 Å². The summed E-state index contributed by atoms with van der Waals surface area (Å²) in [6.07, 6.45) is 0. The van der Waals surface area contributed by atoms with E-state index in [2.05, 4.69) is 25.8 Å². The molecule has 0 aliphatic carbocycles. The summed E-state index contributed by atoms with van der Waals surface area (Å²) < 4.78 is 0. The van der Waals surface area contributed by atoms with E-state index < -0.39 is 0 Å². The van der Waals surface area contributed by atoms with Crippen molar-refractivity contribution in [2.24, 2.45) is 23.5 Å². The third-order valence-corrected chi connectivity index (χ3v) is 2.75. The first-order valence-corrected chi connectivity index (χ1v) is 5.50. The number of hydrogen-bond donors (Lipinski definition) is 1. The van der Waals surface area contributed by atoms with Gasteiger partial charge in [0.25, 0.3) is 0 Å². The van der Waals surface area contributed by atoms with Gasteiger partial charge in [-0.2, -0.15) is 0 Å². The molecule has 0 aromatic heterocycles. The van der Waals surface area contributed by atoms with Gasteiger partial charge in [0.15, 0.2) is 0 Å². The number of primary amides is 1. The van der Waals surface area contributed by atoms with Crippen molar-refractivity contribution in [1.29, 1.82) is 0 Å². The molecule has 0 saturated carbocycles. The number of piperidine rings is 1. The van der Waals surface area contributed by atoms with Crippen molar-refractivity contribution in [2.45, 2.75) is 27.7 Å². The molecule has 1 heterocycles. The zero-order chi connectivity index (χ0) is 11.3. The number of nitrogens with two attached hydrogens (primary N) is 1. The highest BCUT2D eigenvalue weighted by Gasteiger charge is 2.33. The quantitative estimate of drug-likeness (QED) is 0.694. The topological polar surface area (TPSA) is 46.3 Å². The summed E-state index contributed by atoms with van der Waals surface area (Å²) in [7, 11) is 2.09. The van der Waals surface area contributed by atoms with Crippen LogP contribution in [-0.2, 0) is 4.79 Å². The number of carbonyl (C=O) groups excluding carboxylic acids is 1. The zero-order valence-electron chi connectivity index (χ0n) is 10.1. The Bertz CT molecular complexity index is 170. The molecule has 1 saturated heterocycles. The van der Waals surface area contributed by atoms with Crippen molar-refractivity contribution in [3.8, 4) is 0 Å². The summed E-state index contributed by atoms with van der Waals surface area (Å²) in [6, 6.07) is 0. The zero-order valence-corrected chi connectivity index (χ0v) is 10.1. The SMILES string of the molecule is CC.CC1CN(C)C[C@H](C)C1C(N)=O. The summed E-state index contributed by atoms with van der Waals surface area (Å²) in [5.41, 5.74) is 5.34. The first-order valence-electron chi connectivity index (χ1n) is 5.50. The van der Waals surface area contributed by atoms with Gasteiger partial charge in [0.05, 0.1) is 0 Å². The number of hydrogen-bond acceptors (Lipinski definition) is 2. The first-order chi connectivity index (χ1) is 6.52. The Kier molecular flexibility index (Phi) is 5.77. The van der Waals surface area contributed by atoms with Crippen LogP contribution in [0.25, 0.3) is 0 Å². The second kappa shape index (κ2) is 6.02. The summed E-state index contributed by atoms with van der Waals surface area (Å²) in [5, 5.41) is 0. The molecule has 1 rings (SSSR count). The molecule has 0 aromatic rings. The van der Waals surface area contributed by atoms with Crippen LogP contribution in [0.15, 0.2) is 0 Å². The van der Waals surface area contributed by atoms with E-state index >= 15 is 0 Å². The summed E-state index contributed by atoms with van der Waals surface area (Å²) in [4.78, 5) is 13.3. The Balaban J connectivity index is 0.000000791. The van der Waals surface area contributed by atoms with Gasteiger partial charge in [0, 0.05) is 19.0 Å². The third kappa shape index (κ3) is 3.29. The van der Waals surface area contributed by atoms with Crippen LogP contribution in [0.3, 0.4) is 0 Å². The molecule has 1 amide bonds. The molecule has 1 aliphatic rings. The molecule has 14 heavy (non-hydrogen) atoms. The molecule has 3 heteroatoms. The van der Waals surface area contributed by atoms with Crippen LogP contribution in [0.5, 0.6) is 0 Å². The fourth-order valence-electron chi connectivity index (χ4n) is 2.41. The van der Waals surface area contributed by atoms with Crippen LogP contribution < -0.4 is 5.73 Å². The average molecular weight is 200 g/mol. The molecule has 0 spiro atoms. The standard InChI is InChI=1S/C9H18N2O.C2H6/c1-6-4-11(3)5-7(2)8(6)9(10)12;1-2/h6-8H,4-5H2,1-3H3,(H2,10,12);1-2H3/t6-,7?,8?;/m0./s1. The lowest BCUT2D eigenvalue weighted by molar-refractivity contribution is -0.127. The molecule has 2 unspecified atom stereocenters. The molecular formula is C11H24N2O. The lowest BCUT2D eigenvalue weighted by atomic mass is 9.79. The van der Waals surface area contributed by atoms with Crippen molar-refractivity contribution in [2.75, 3.05) is 20.1 Å². The summed E-state index contributed by atoms with van der Waals surface area (Å²) in [5.74, 6) is 0.733. The van der Waals surface area contributed by atoms with E-state index in [9.17, 15) is 4.79 Å². The van der Waals surface area contributed by atoms with Crippen molar-refractivity contribution in [1.82, 2.24) is 4.90 Å². The molecule has 2 N–H and O–H groups in total. The van der Waals surface area contributed by atoms with E-state index in [0.717, 1.165) is 13.1 Å². The highest BCUT2D eigenvalue weighted by atomic mass is 16.1. The molecule has 0 bridgehead atoms. The summed E-state index contributed by atoms with van der Waals surface area (Å²) >= 11 is 0. The maximum absolute atomic E-state index is 11.1. The van der Waals surface area contributed by atoms with E-state index in [4.69, 9.17) is 5.73 Å². The van der Waals surface area contributed by atoms with E-state index in [1.54, 1.807) is 0 Å². The van der Waals surface area contributed by atoms with Crippen LogP contribution in [0.1, 0.15) is 27.7 Å². The van der Waals surface area contributed by atoms with Crippen molar-refractivity contribution >= 4 is 5.91 Å². The van der Waals surface area contributed by atoms with Crippen LogP contribution in [0.4, 0.5) is 0 Å². The normalized spacial score (nSPS) is 33.1. The second-order valence-electron chi connectivity index (χ2n) is 4.10. The molecule has 1 fully saturated rings. The van der Waals surface area contributed by atoms with Crippen LogP contribution >= 0.6 is 0 Å². The van der Waals surface area contributed by atoms with E-state index in [1.165, 1.54) is 0 Å². The molecule has 84 valence electrons.